The van der Waals surface area contributed by atoms with Gasteiger partial charge in [-0.2, -0.15) is 0 Å². The second kappa shape index (κ2) is 10.8. The van der Waals surface area contributed by atoms with Crippen LogP contribution in [0.4, 0.5) is 5.82 Å². The van der Waals surface area contributed by atoms with Crippen molar-refractivity contribution in [1.82, 2.24) is 14.5 Å². The van der Waals surface area contributed by atoms with Crippen LogP contribution in [0.5, 0.6) is 0 Å². The lowest BCUT2D eigenvalue weighted by atomic mass is 10.1. The molecule has 0 aliphatic heterocycles. The average Bonchev–Trinajstić information content (AvgIpc) is 3.16. The number of ether oxygens (including phenoxy) is 1. The summed E-state index contributed by atoms with van der Waals surface area (Å²) in [6.07, 6.45) is 5.55. The first-order valence-corrected chi connectivity index (χ1v) is 12.3. The lowest BCUT2D eigenvalue weighted by Gasteiger charge is -2.20. The zero-order valence-electron chi connectivity index (χ0n) is 18.0. The second-order valence-corrected chi connectivity index (χ2v) is 10.0. The van der Waals surface area contributed by atoms with E-state index in [0.717, 1.165) is 48.0 Å². The molecule has 0 radical (unpaired) electrons. The summed E-state index contributed by atoms with van der Waals surface area (Å²) in [5, 5.41) is 1.00. The van der Waals surface area contributed by atoms with E-state index in [1.54, 1.807) is 25.3 Å². The van der Waals surface area contributed by atoms with Gasteiger partial charge in [-0.15, -0.1) is 0 Å². The van der Waals surface area contributed by atoms with E-state index in [4.69, 9.17) is 33.7 Å². The van der Waals surface area contributed by atoms with Crippen molar-refractivity contribution >= 4 is 50.9 Å². The van der Waals surface area contributed by atoms with Crippen LogP contribution in [0.2, 0.25) is 10.0 Å². The number of halogens is 2. The predicted molar refractivity (Wildman–Crippen MR) is 129 cm³/mol. The molecule has 6 nitrogen and oxygen atoms in total. The quantitative estimate of drug-likeness (QED) is 0.386. The maximum absolute atomic E-state index is 12.5. The minimum absolute atomic E-state index is 0.145. The molecule has 9 heteroatoms. The third-order valence-corrected chi connectivity index (χ3v) is 7.65. The van der Waals surface area contributed by atoms with Gasteiger partial charge in [0.15, 0.2) is 5.82 Å². The van der Waals surface area contributed by atoms with Crippen molar-refractivity contribution < 1.29 is 8.95 Å². The number of benzene rings is 1. The van der Waals surface area contributed by atoms with Gasteiger partial charge < -0.3 is 15.0 Å². The van der Waals surface area contributed by atoms with Crippen LogP contribution in [0.3, 0.4) is 0 Å². The molecule has 0 saturated heterocycles. The monoisotopic (exact) mass is 482 g/mol. The summed E-state index contributed by atoms with van der Waals surface area (Å²) in [5.74, 6) is 1.03. The van der Waals surface area contributed by atoms with Gasteiger partial charge in [0.05, 0.1) is 45.2 Å². The molecule has 3 rings (SSSR count). The third-order valence-electron chi connectivity index (χ3n) is 5.48. The van der Waals surface area contributed by atoms with E-state index in [1.807, 2.05) is 20.2 Å². The highest BCUT2D eigenvalue weighted by Gasteiger charge is 2.19. The van der Waals surface area contributed by atoms with Gasteiger partial charge in [-0.3, -0.25) is 4.21 Å². The normalized spacial score (nSPS) is 13.6. The van der Waals surface area contributed by atoms with Gasteiger partial charge in [-0.25, -0.2) is 9.97 Å². The van der Waals surface area contributed by atoms with E-state index < -0.39 is 10.8 Å². The number of rotatable bonds is 10. The van der Waals surface area contributed by atoms with Crippen molar-refractivity contribution in [3.63, 3.8) is 0 Å². The van der Waals surface area contributed by atoms with E-state index in [1.165, 1.54) is 0 Å². The summed E-state index contributed by atoms with van der Waals surface area (Å²) in [6, 6.07) is 5.24. The molecule has 0 bridgehead atoms. The zero-order chi connectivity index (χ0) is 22.5. The molecule has 0 spiro atoms. The van der Waals surface area contributed by atoms with E-state index in [-0.39, 0.29) is 6.04 Å². The summed E-state index contributed by atoms with van der Waals surface area (Å²) in [5.41, 5.74) is 9.83. The van der Waals surface area contributed by atoms with Crippen LogP contribution in [0.1, 0.15) is 43.0 Å². The molecule has 2 unspecified atom stereocenters. The number of pyridine rings is 1. The number of aromatic nitrogens is 3. The highest BCUT2D eigenvalue weighted by atomic mass is 35.5. The van der Waals surface area contributed by atoms with E-state index in [0.29, 0.717) is 33.1 Å². The topological polar surface area (TPSA) is 83.0 Å². The number of fused-ring (bicyclic) bond motifs is 1. The molecule has 0 aliphatic carbocycles. The van der Waals surface area contributed by atoms with Crippen LogP contribution in [-0.4, -0.2) is 38.2 Å². The number of nitrogens with zero attached hydrogens (tertiary/aromatic N) is 3. The Bertz CT molecular complexity index is 1090. The van der Waals surface area contributed by atoms with Crippen LogP contribution < -0.4 is 5.73 Å². The zero-order valence-corrected chi connectivity index (χ0v) is 20.4. The number of methoxy groups -OCH3 is 1. The van der Waals surface area contributed by atoms with Crippen molar-refractivity contribution in [2.75, 3.05) is 25.2 Å². The van der Waals surface area contributed by atoms with Gasteiger partial charge in [-0.05, 0) is 50.5 Å². The summed E-state index contributed by atoms with van der Waals surface area (Å²) in [6.45, 7) is 4.59. The Morgan fingerprint density at radius 3 is 2.71 bits per heavy atom. The molecule has 2 N–H and O–H groups in total. The van der Waals surface area contributed by atoms with E-state index in [2.05, 4.69) is 14.5 Å². The number of imidazole rings is 1. The molecule has 0 amide bonds. The number of anilines is 1. The maximum atomic E-state index is 12.5. The van der Waals surface area contributed by atoms with Gasteiger partial charge in [-0.1, -0.05) is 36.0 Å². The van der Waals surface area contributed by atoms with Gasteiger partial charge in [0.25, 0.3) is 0 Å². The van der Waals surface area contributed by atoms with Crippen LogP contribution in [0.15, 0.2) is 29.4 Å². The molecule has 3 aromatic rings. The largest absolute Gasteiger partial charge is 0.383 e. The van der Waals surface area contributed by atoms with Crippen LogP contribution in [-0.2, 0) is 15.5 Å². The molecular weight excluding hydrogens is 455 g/mol. The first kappa shape index (κ1) is 24.0. The minimum atomic E-state index is -1.13. The molecule has 168 valence electrons. The van der Waals surface area contributed by atoms with Crippen molar-refractivity contribution in [2.24, 2.45) is 0 Å². The number of nitrogen functional groups attached to an aromatic ring is 1. The standard InChI is InChI=1S/C22H28Cl2N4O2S/c1-14-15(2)27-22(25)20-21(14)28(13-26-20)17(12-30-3)7-5-4-6-10-31(29)19-9-8-16(23)11-18(19)24/h8-9,11,13,17H,4-7,10,12H2,1-3H3,(H2,25,27). The van der Waals surface area contributed by atoms with Gasteiger partial charge in [0.1, 0.15) is 5.52 Å². The Hall–Kier alpha value is -1.67. The molecule has 0 saturated carbocycles. The van der Waals surface area contributed by atoms with Crippen molar-refractivity contribution in [1.29, 1.82) is 0 Å². The molecule has 0 aliphatic rings. The first-order valence-electron chi connectivity index (χ1n) is 10.2. The van der Waals surface area contributed by atoms with Gasteiger partial charge >= 0.3 is 0 Å². The molecule has 0 fully saturated rings. The molecule has 2 aromatic heterocycles. The van der Waals surface area contributed by atoms with Crippen molar-refractivity contribution in [3.8, 4) is 0 Å². The first-order chi connectivity index (χ1) is 14.8. The van der Waals surface area contributed by atoms with E-state index >= 15 is 0 Å². The van der Waals surface area contributed by atoms with Crippen LogP contribution in [0, 0.1) is 13.8 Å². The smallest absolute Gasteiger partial charge is 0.151 e. The van der Waals surface area contributed by atoms with Crippen LogP contribution in [0.25, 0.3) is 11.0 Å². The van der Waals surface area contributed by atoms with Crippen LogP contribution >= 0.6 is 23.2 Å². The molecule has 2 heterocycles. The Kier molecular flexibility index (Phi) is 8.33. The lowest BCUT2D eigenvalue weighted by Crippen LogP contribution is -2.15. The minimum Gasteiger partial charge on any atom is -0.383 e. The fraction of sp³-hybridized carbons (Fsp3) is 0.455. The maximum Gasteiger partial charge on any atom is 0.151 e. The van der Waals surface area contributed by atoms with Crippen molar-refractivity contribution in [2.45, 2.75) is 50.5 Å². The number of hydrogen-bond donors (Lipinski definition) is 1. The molecule has 31 heavy (non-hydrogen) atoms. The fourth-order valence-corrected chi connectivity index (χ4v) is 5.59. The summed E-state index contributed by atoms with van der Waals surface area (Å²) >= 11 is 12.1. The summed E-state index contributed by atoms with van der Waals surface area (Å²) in [4.78, 5) is 9.52. The predicted octanol–water partition coefficient (Wildman–Crippen LogP) is 5.49. The Balaban J connectivity index is 1.61. The Morgan fingerprint density at radius 2 is 2.00 bits per heavy atom. The molecular formula is C22H28Cl2N4O2S. The van der Waals surface area contributed by atoms with Crippen molar-refractivity contribution in [3.05, 3.63) is 45.8 Å². The third kappa shape index (κ3) is 5.58. The number of unbranched alkanes of at least 4 members (excludes halogenated alkanes) is 2. The Labute approximate surface area is 195 Å². The highest BCUT2D eigenvalue weighted by Crippen LogP contribution is 2.29. The van der Waals surface area contributed by atoms with Gasteiger partial charge in [0, 0.05) is 23.6 Å². The number of nitrogens with two attached hydrogens (primary N) is 1. The fourth-order valence-electron chi connectivity index (χ4n) is 3.74. The highest BCUT2D eigenvalue weighted by molar-refractivity contribution is 7.85. The molecule has 2 atom stereocenters. The van der Waals surface area contributed by atoms with Gasteiger partial charge in [0.2, 0.25) is 0 Å². The second-order valence-electron chi connectivity index (χ2n) is 7.64. The SMILES string of the molecule is COCC(CCCCCS(=O)c1ccc(Cl)cc1Cl)n1cnc2c(N)nc(C)c(C)c21. The summed E-state index contributed by atoms with van der Waals surface area (Å²) in [7, 11) is 0.579. The van der Waals surface area contributed by atoms with E-state index in [9.17, 15) is 4.21 Å². The summed E-state index contributed by atoms with van der Waals surface area (Å²) < 4.78 is 20.2. The Morgan fingerprint density at radius 1 is 1.23 bits per heavy atom. The number of hydrogen-bond acceptors (Lipinski definition) is 5. The lowest BCUT2D eigenvalue weighted by molar-refractivity contribution is 0.151. The number of aryl methyl sites for hydroxylation is 2. The average molecular weight is 483 g/mol. The molecule has 1 aromatic carbocycles.